The fraction of sp³-hybridized carbons (Fsp3) is 0.771. The minimum atomic E-state index is -2.00. The average Bonchev–Trinajstić information content (AvgIpc) is 3.95. The van der Waals surface area contributed by atoms with E-state index in [-0.39, 0.29) is 43.4 Å². The summed E-state index contributed by atoms with van der Waals surface area (Å²) in [6, 6.07) is 5.68. The summed E-state index contributed by atoms with van der Waals surface area (Å²) in [5.74, 6) is -5.21. The molecule has 0 unspecified atom stereocenters. The number of aliphatic hydroxyl groups is 4. The first kappa shape index (κ1) is 54.3. The smallest absolute Gasteiger partial charge is 0.316 e. The Kier molecular flexibility index (Phi) is 17.8. The lowest BCUT2D eigenvalue weighted by molar-refractivity contribution is -0.384. The third-order valence-electron chi connectivity index (χ3n) is 14.9. The number of carbonyl (C=O) groups is 2. The summed E-state index contributed by atoms with van der Waals surface area (Å²) < 4.78 is 33.3. The molecule has 2 bridgehead atoms. The van der Waals surface area contributed by atoms with Crippen LogP contribution in [0.1, 0.15) is 92.3 Å². The van der Waals surface area contributed by atoms with Crippen LogP contribution in [0.3, 0.4) is 0 Å². The van der Waals surface area contributed by atoms with Gasteiger partial charge in [-0.2, -0.15) is 0 Å². The van der Waals surface area contributed by atoms with Crippen molar-refractivity contribution >= 4 is 23.2 Å². The molecule has 4 saturated heterocycles. The zero-order valence-electron chi connectivity index (χ0n) is 41.9. The first-order valence-corrected chi connectivity index (χ1v) is 24.3. The Bertz CT molecular complexity index is 2090. The second-order valence-electron chi connectivity index (χ2n) is 20.5. The number of rotatable bonds is 14. The number of ether oxygens (including phenoxy) is 5. The lowest BCUT2D eigenvalue weighted by Gasteiger charge is -2.46. The van der Waals surface area contributed by atoms with Gasteiger partial charge in [0.1, 0.15) is 29.8 Å². The molecule has 6 rings (SSSR count). The predicted octanol–water partition coefficient (Wildman–Crippen LogP) is 2.67. The van der Waals surface area contributed by atoms with Gasteiger partial charge in [0.15, 0.2) is 12.1 Å². The summed E-state index contributed by atoms with van der Waals surface area (Å²) in [6.45, 7) is 14.5. The van der Waals surface area contributed by atoms with Crippen LogP contribution in [0.25, 0.3) is 0 Å². The summed E-state index contributed by atoms with van der Waals surface area (Å²) in [5.41, 5.74) is -1.28. The molecule has 0 radical (unpaired) electrons. The van der Waals surface area contributed by atoms with E-state index in [4.69, 9.17) is 28.5 Å². The fourth-order valence-corrected chi connectivity index (χ4v) is 10.5. The largest absolute Gasteiger partial charge is 0.459 e. The van der Waals surface area contributed by atoms with E-state index in [0.717, 1.165) is 11.3 Å². The van der Waals surface area contributed by atoms with Gasteiger partial charge in [-0.3, -0.25) is 24.4 Å². The van der Waals surface area contributed by atoms with Gasteiger partial charge in [-0.1, -0.05) is 43.3 Å². The molecule has 0 spiro atoms. The van der Waals surface area contributed by atoms with Gasteiger partial charge in [-0.05, 0) is 93.4 Å². The number of aryl methyl sites for hydroxylation is 2. The number of nitro benzene ring substituents is 1. The number of benzene rings is 1. The topological polar surface area (TPSA) is 263 Å². The van der Waals surface area contributed by atoms with Crippen LogP contribution in [0.15, 0.2) is 35.6 Å². The minimum absolute atomic E-state index is 0.0309. The SMILES string of the molecule is CC[C@H]1OC(=O)[C@H](C)C(=O)[C@H](C)[C@@H](O[C@@H]2O[C@H](C)C[C@H](N(C)CCc3cn(CCc4ccc([N+](=O)[O-])cc4)nn3)[C@H]2O)[C@@]2(C)C[C@@H](CO2)/C(=N\O[C@H]2O[C@H](C)C[C@H](N(C)C)[C@H]2O)[C@H](C)[C@@H](O)[C@]1(C)O. The van der Waals surface area contributed by atoms with Gasteiger partial charge in [0.05, 0.1) is 53.0 Å². The van der Waals surface area contributed by atoms with Crippen molar-refractivity contribution in [3.63, 3.8) is 0 Å². The van der Waals surface area contributed by atoms with Crippen LogP contribution in [0.4, 0.5) is 5.69 Å². The molecule has 4 fully saturated rings. The van der Waals surface area contributed by atoms with E-state index < -0.39 is 101 Å². The van der Waals surface area contributed by atoms with Gasteiger partial charge < -0.3 is 58.7 Å². The molecule has 2 aromatic rings. The highest BCUT2D eigenvalue weighted by Crippen LogP contribution is 2.43. The molecule has 1 aromatic carbocycles. The maximum absolute atomic E-state index is 14.4. The Hall–Kier alpha value is -4.03. The zero-order chi connectivity index (χ0) is 50.7. The average molecular weight is 974 g/mol. The number of ketones is 1. The molecular weight excluding hydrogens is 899 g/mol. The maximum atomic E-state index is 14.4. The zero-order valence-corrected chi connectivity index (χ0v) is 41.9. The number of oxime groups is 1. The van der Waals surface area contributed by atoms with Crippen molar-refractivity contribution in [3.05, 3.63) is 51.8 Å². The predicted molar refractivity (Wildman–Crippen MR) is 249 cm³/mol. The van der Waals surface area contributed by atoms with Gasteiger partial charge in [0.2, 0.25) is 0 Å². The number of esters is 1. The number of aromatic nitrogens is 3. The third-order valence-corrected chi connectivity index (χ3v) is 14.9. The number of fused-ring (bicyclic) bond motifs is 2. The minimum Gasteiger partial charge on any atom is -0.459 e. The van der Waals surface area contributed by atoms with E-state index in [9.17, 15) is 40.1 Å². The number of carbonyl (C=O) groups excluding carboxylic acids is 2. The summed E-state index contributed by atoms with van der Waals surface area (Å²) >= 11 is 0. The van der Waals surface area contributed by atoms with E-state index in [2.05, 4.69) is 15.5 Å². The second-order valence-corrected chi connectivity index (χ2v) is 20.5. The standard InChI is InChI=1S/C48H75N7O14/c1-12-37-48(8,61)42(59)28(4)38(50-69-46-40(57)35(52(9)10)21-26(2)66-46)32-23-47(7,64-25-32)43(29(5)39(56)30(6)44(60)67-37)68-45-41(58)36(22-27(3)65-45)53(11)19-18-33-24-54(51-49-33)20-17-31-13-15-34(16-14-31)55(62)63/h13-16,24,26-30,32,35-37,40-43,45-46,57-59,61H,12,17-23,25H2,1-11H3/b50-38-/t26-,27-,28+,29+,30-,32+,35+,36+,37-,40-,41-,42-,43-,45+,46-,47-,48-/m1/s1. The van der Waals surface area contributed by atoms with E-state index in [0.29, 0.717) is 44.5 Å². The normalized spacial score (nSPS) is 38.9. The number of hydrogen-bond acceptors (Lipinski definition) is 19. The number of Topliss-reactive ketones (excluding diaryl/α,β-unsaturated/α-hetero) is 1. The summed E-state index contributed by atoms with van der Waals surface area (Å²) in [7, 11) is 5.61. The number of cyclic esters (lactones) is 1. The molecular formula is C48H75N7O14. The van der Waals surface area contributed by atoms with Crippen LogP contribution in [0.5, 0.6) is 0 Å². The van der Waals surface area contributed by atoms with Crippen molar-refractivity contribution in [2.24, 2.45) is 28.8 Å². The summed E-state index contributed by atoms with van der Waals surface area (Å²) in [4.78, 5) is 48.8. The molecule has 17 atom stereocenters. The number of non-ortho nitro benzene ring substituents is 1. The molecule has 4 N–H and O–H groups in total. The van der Waals surface area contributed by atoms with Crippen LogP contribution in [0, 0.1) is 33.8 Å². The summed E-state index contributed by atoms with van der Waals surface area (Å²) in [5, 5.41) is 71.5. The maximum Gasteiger partial charge on any atom is 0.316 e. The first-order chi connectivity index (χ1) is 32.4. The number of aliphatic hydroxyl groups excluding tert-OH is 3. The molecule has 69 heavy (non-hydrogen) atoms. The van der Waals surface area contributed by atoms with Crippen molar-refractivity contribution in [3.8, 4) is 0 Å². The number of hydrogen-bond donors (Lipinski definition) is 4. The number of nitro groups is 1. The highest BCUT2D eigenvalue weighted by molar-refractivity contribution is 6.00. The van der Waals surface area contributed by atoms with Crippen molar-refractivity contribution in [2.75, 3.05) is 34.3 Å². The van der Waals surface area contributed by atoms with Crippen LogP contribution < -0.4 is 0 Å². The van der Waals surface area contributed by atoms with Gasteiger partial charge in [0, 0.05) is 67.7 Å². The lowest BCUT2D eigenvalue weighted by Crippen LogP contribution is -2.59. The van der Waals surface area contributed by atoms with Crippen molar-refractivity contribution in [1.82, 2.24) is 24.8 Å². The van der Waals surface area contributed by atoms with Gasteiger partial charge in [-0.15, -0.1) is 5.10 Å². The van der Waals surface area contributed by atoms with E-state index in [1.807, 2.05) is 51.0 Å². The van der Waals surface area contributed by atoms with E-state index in [1.165, 1.54) is 26.0 Å². The van der Waals surface area contributed by atoms with Crippen LogP contribution in [-0.2, 0) is 57.5 Å². The van der Waals surface area contributed by atoms with E-state index in [1.54, 1.807) is 44.5 Å². The lowest BCUT2D eigenvalue weighted by atomic mass is 9.75. The molecule has 4 aliphatic heterocycles. The van der Waals surface area contributed by atoms with Crippen molar-refractivity contribution in [2.45, 2.75) is 179 Å². The van der Waals surface area contributed by atoms with Crippen LogP contribution in [-0.4, -0.2) is 180 Å². The van der Waals surface area contributed by atoms with Crippen LogP contribution in [0.2, 0.25) is 0 Å². The van der Waals surface area contributed by atoms with Gasteiger partial charge >= 0.3 is 5.97 Å². The van der Waals surface area contributed by atoms with Crippen molar-refractivity contribution < 1.29 is 63.5 Å². The molecule has 0 saturated carbocycles. The summed E-state index contributed by atoms with van der Waals surface area (Å²) in [6.07, 6.45) is -4.87. The molecule has 0 amide bonds. The molecule has 5 heterocycles. The molecule has 21 heteroatoms. The monoisotopic (exact) mass is 974 g/mol. The highest BCUT2D eigenvalue weighted by Gasteiger charge is 2.55. The van der Waals surface area contributed by atoms with Crippen LogP contribution >= 0.6 is 0 Å². The number of likely N-dealkylation sites (N-methyl/N-ethyl adjacent to an activating group) is 2. The Labute approximate surface area is 404 Å². The molecule has 386 valence electrons. The Balaban J connectivity index is 1.23. The Morgan fingerprint density at radius 2 is 1.58 bits per heavy atom. The van der Waals surface area contributed by atoms with E-state index >= 15 is 0 Å². The fourth-order valence-electron chi connectivity index (χ4n) is 10.5. The molecule has 1 aromatic heterocycles. The first-order valence-electron chi connectivity index (χ1n) is 24.3. The van der Waals surface area contributed by atoms with Crippen molar-refractivity contribution in [1.29, 1.82) is 0 Å². The molecule has 0 aliphatic carbocycles. The molecule has 21 nitrogen and oxygen atoms in total. The Morgan fingerprint density at radius 3 is 2.22 bits per heavy atom. The Morgan fingerprint density at radius 1 is 0.942 bits per heavy atom. The quantitative estimate of drug-likeness (QED) is 0.0918. The molecule has 4 aliphatic rings. The third kappa shape index (κ3) is 12.4. The second kappa shape index (κ2) is 22.6. The highest BCUT2D eigenvalue weighted by atomic mass is 16.8. The van der Waals surface area contributed by atoms with Gasteiger partial charge in [0.25, 0.3) is 12.0 Å². The number of nitrogens with zero attached hydrogens (tertiary/aromatic N) is 7. The van der Waals surface area contributed by atoms with Gasteiger partial charge in [-0.25, -0.2) is 0 Å².